The van der Waals surface area contributed by atoms with Gasteiger partial charge in [-0.2, -0.15) is 11.3 Å². The summed E-state index contributed by atoms with van der Waals surface area (Å²) in [5.41, 5.74) is 0.896. The Balaban J connectivity index is 1.79. The van der Waals surface area contributed by atoms with E-state index in [0.29, 0.717) is 18.8 Å². The van der Waals surface area contributed by atoms with E-state index in [4.69, 9.17) is 4.42 Å². The number of rotatable bonds is 6. The molecule has 2 heterocycles. The molecule has 0 radical (unpaired) electrons. The first-order chi connectivity index (χ1) is 9.20. The van der Waals surface area contributed by atoms with Gasteiger partial charge in [0.05, 0.1) is 19.8 Å². The van der Waals surface area contributed by atoms with Crippen LogP contribution in [0.1, 0.15) is 28.0 Å². The molecule has 0 aromatic carbocycles. The lowest BCUT2D eigenvalue weighted by Gasteiger charge is -2.09. The van der Waals surface area contributed by atoms with E-state index < -0.39 is 12.1 Å². The summed E-state index contributed by atoms with van der Waals surface area (Å²) in [6, 6.07) is 5.16. The van der Waals surface area contributed by atoms with Crippen LogP contribution in [-0.4, -0.2) is 24.7 Å². The predicted octanol–water partition coefficient (Wildman–Crippen LogP) is 1.95. The minimum absolute atomic E-state index is 0.178. The lowest BCUT2D eigenvalue weighted by Crippen LogP contribution is -2.20. The Kier molecular flexibility index (Phi) is 4.73. The fourth-order valence-corrected chi connectivity index (χ4v) is 2.30. The molecule has 1 unspecified atom stereocenters. The summed E-state index contributed by atoms with van der Waals surface area (Å²) in [6.07, 6.45) is -0.540. The van der Waals surface area contributed by atoms with Gasteiger partial charge in [0.15, 0.2) is 0 Å². The van der Waals surface area contributed by atoms with Crippen molar-refractivity contribution in [1.82, 2.24) is 5.32 Å². The highest BCUT2D eigenvalue weighted by molar-refractivity contribution is 7.07. The first kappa shape index (κ1) is 13.8. The number of aliphatic hydroxyl groups excluding tert-OH is 1. The Bertz CT molecular complexity index is 520. The first-order valence-electron chi connectivity index (χ1n) is 5.78. The summed E-state index contributed by atoms with van der Waals surface area (Å²) in [4.78, 5) is 11.2. The van der Waals surface area contributed by atoms with Crippen molar-refractivity contribution >= 4 is 17.3 Å². The van der Waals surface area contributed by atoms with Crippen LogP contribution in [0.2, 0.25) is 0 Å². The topological polar surface area (TPSA) is 71.7 Å². The van der Waals surface area contributed by atoms with Crippen LogP contribution in [0.3, 0.4) is 0 Å². The summed E-state index contributed by atoms with van der Waals surface area (Å²) in [5, 5.41) is 16.8. The van der Waals surface area contributed by atoms with Crippen molar-refractivity contribution in [2.45, 2.75) is 12.6 Å². The summed E-state index contributed by atoms with van der Waals surface area (Å²) >= 11 is 1.55. The van der Waals surface area contributed by atoms with Crippen LogP contribution in [0, 0.1) is 0 Å². The maximum absolute atomic E-state index is 11.2. The SMILES string of the molecule is COC(=O)c1ccc(CNCC(O)c2ccsc2)o1. The summed E-state index contributed by atoms with van der Waals surface area (Å²) in [5.74, 6) is 0.306. The van der Waals surface area contributed by atoms with Gasteiger partial charge in [0.1, 0.15) is 5.76 Å². The van der Waals surface area contributed by atoms with Crippen LogP contribution in [0.5, 0.6) is 0 Å². The van der Waals surface area contributed by atoms with Gasteiger partial charge in [-0.05, 0) is 34.5 Å². The molecule has 19 heavy (non-hydrogen) atoms. The molecule has 2 N–H and O–H groups in total. The van der Waals surface area contributed by atoms with E-state index in [1.165, 1.54) is 7.11 Å². The number of esters is 1. The van der Waals surface area contributed by atoms with Gasteiger partial charge in [-0.1, -0.05) is 0 Å². The molecule has 0 aliphatic heterocycles. The van der Waals surface area contributed by atoms with Crippen molar-refractivity contribution < 1.29 is 19.1 Å². The Morgan fingerprint density at radius 1 is 1.53 bits per heavy atom. The van der Waals surface area contributed by atoms with E-state index in [9.17, 15) is 9.90 Å². The van der Waals surface area contributed by atoms with Gasteiger partial charge in [-0.25, -0.2) is 4.79 Å². The smallest absolute Gasteiger partial charge is 0.373 e. The van der Waals surface area contributed by atoms with Gasteiger partial charge >= 0.3 is 5.97 Å². The van der Waals surface area contributed by atoms with Gasteiger partial charge in [0.2, 0.25) is 5.76 Å². The van der Waals surface area contributed by atoms with Gasteiger partial charge in [0.25, 0.3) is 0 Å². The maximum atomic E-state index is 11.2. The van der Waals surface area contributed by atoms with Gasteiger partial charge in [-0.15, -0.1) is 0 Å². The predicted molar refractivity (Wildman–Crippen MR) is 71.0 cm³/mol. The molecular formula is C13H15NO4S. The van der Waals surface area contributed by atoms with Crippen LogP contribution >= 0.6 is 11.3 Å². The van der Waals surface area contributed by atoms with E-state index in [1.807, 2.05) is 16.8 Å². The third-order valence-electron chi connectivity index (χ3n) is 2.61. The largest absolute Gasteiger partial charge is 0.463 e. The Morgan fingerprint density at radius 3 is 3.05 bits per heavy atom. The molecule has 2 aromatic rings. The minimum atomic E-state index is -0.540. The monoisotopic (exact) mass is 281 g/mol. The number of aliphatic hydroxyl groups is 1. The van der Waals surface area contributed by atoms with Gasteiger partial charge in [0, 0.05) is 6.54 Å². The molecule has 2 aromatic heterocycles. The molecule has 102 valence electrons. The second kappa shape index (κ2) is 6.51. The van der Waals surface area contributed by atoms with Crippen LogP contribution in [0.25, 0.3) is 0 Å². The van der Waals surface area contributed by atoms with Gasteiger partial charge < -0.3 is 19.6 Å². The van der Waals surface area contributed by atoms with Crippen LogP contribution in [0.4, 0.5) is 0 Å². The van der Waals surface area contributed by atoms with E-state index in [-0.39, 0.29) is 5.76 Å². The number of methoxy groups -OCH3 is 1. The molecule has 0 fully saturated rings. The number of furan rings is 1. The number of carbonyl (C=O) groups excluding carboxylic acids is 1. The molecule has 6 heteroatoms. The van der Waals surface area contributed by atoms with Crippen LogP contribution in [-0.2, 0) is 11.3 Å². The van der Waals surface area contributed by atoms with Crippen molar-refractivity contribution in [3.8, 4) is 0 Å². The Hall–Kier alpha value is -1.63. The zero-order chi connectivity index (χ0) is 13.7. The van der Waals surface area contributed by atoms with E-state index in [1.54, 1.807) is 23.5 Å². The lowest BCUT2D eigenvalue weighted by atomic mass is 10.2. The number of hydrogen-bond acceptors (Lipinski definition) is 6. The van der Waals surface area contributed by atoms with Crippen molar-refractivity contribution in [2.24, 2.45) is 0 Å². The average molecular weight is 281 g/mol. The second-order valence-electron chi connectivity index (χ2n) is 3.96. The Labute approximate surface area is 114 Å². The molecule has 0 amide bonds. The maximum Gasteiger partial charge on any atom is 0.373 e. The number of hydrogen-bond donors (Lipinski definition) is 2. The van der Waals surface area contributed by atoms with Crippen LogP contribution < -0.4 is 5.32 Å². The third-order valence-corrected chi connectivity index (χ3v) is 3.31. The summed E-state index contributed by atoms with van der Waals surface area (Å²) in [6.45, 7) is 0.864. The molecule has 1 atom stereocenters. The van der Waals surface area contributed by atoms with E-state index in [2.05, 4.69) is 10.1 Å². The van der Waals surface area contributed by atoms with Crippen LogP contribution in [0.15, 0.2) is 33.4 Å². The molecule has 0 saturated heterocycles. The molecule has 0 aliphatic rings. The number of nitrogens with one attached hydrogen (secondary N) is 1. The molecule has 2 rings (SSSR count). The quantitative estimate of drug-likeness (QED) is 0.792. The number of ether oxygens (including phenoxy) is 1. The lowest BCUT2D eigenvalue weighted by molar-refractivity contribution is 0.0562. The highest BCUT2D eigenvalue weighted by Crippen LogP contribution is 2.15. The molecule has 0 spiro atoms. The summed E-state index contributed by atoms with van der Waals surface area (Å²) in [7, 11) is 1.31. The molecule has 0 bridgehead atoms. The van der Waals surface area contributed by atoms with Crippen molar-refractivity contribution in [3.05, 3.63) is 46.0 Å². The molecular weight excluding hydrogens is 266 g/mol. The van der Waals surface area contributed by atoms with Gasteiger partial charge in [-0.3, -0.25) is 0 Å². The second-order valence-corrected chi connectivity index (χ2v) is 4.74. The fourth-order valence-electron chi connectivity index (χ4n) is 1.60. The van der Waals surface area contributed by atoms with Crippen molar-refractivity contribution in [2.75, 3.05) is 13.7 Å². The van der Waals surface area contributed by atoms with E-state index in [0.717, 1.165) is 5.56 Å². The summed E-state index contributed by atoms with van der Waals surface area (Å²) < 4.78 is 9.84. The third kappa shape index (κ3) is 3.66. The first-order valence-corrected chi connectivity index (χ1v) is 6.73. The highest BCUT2D eigenvalue weighted by atomic mass is 32.1. The fraction of sp³-hybridized carbons (Fsp3) is 0.308. The molecule has 0 aliphatic carbocycles. The number of thiophene rings is 1. The zero-order valence-electron chi connectivity index (χ0n) is 10.5. The highest BCUT2D eigenvalue weighted by Gasteiger charge is 2.11. The van der Waals surface area contributed by atoms with Crippen molar-refractivity contribution in [1.29, 1.82) is 0 Å². The standard InChI is InChI=1S/C13H15NO4S/c1-17-13(16)12-3-2-10(18-12)6-14-7-11(15)9-4-5-19-8-9/h2-5,8,11,14-15H,6-7H2,1H3. The zero-order valence-corrected chi connectivity index (χ0v) is 11.3. The minimum Gasteiger partial charge on any atom is -0.463 e. The molecule has 0 saturated carbocycles. The number of carbonyl (C=O) groups is 1. The average Bonchev–Trinajstić information content (AvgIpc) is 3.08. The molecule has 5 nitrogen and oxygen atoms in total. The van der Waals surface area contributed by atoms with E-state index >= 15 is 0 Å². The van der Waals surface area contributed by atoms with Crippen molar-refractivity contribution in [3.63, 3.8) is 0 Å². The normalized spacial score (nSPS) is 12.3. The Morgan fingerprint density at radius 2 is 2.37 bits per heavy atom.